The fraction of sp³-hybridized carbons (Fsp3) is 0.484. The van der Waals surface area contributed by atoms with Gasteiger partial charge in [0.25, 0.3) is 0 Å². The lowest BCUT2D eigenvalue weighted by Crippen LogP contribution is -2.12. The van der Waals surface area contributed by atoms with E-state index in [-0.39, 0.29) is 0 Å². The Bertz CT molecular complexity index is 869. The van der Waals surface area contributed by atoms with Crippen LogP contribution in [-0.2, 0) is 0 Å². The zero-order valence-electron chi connectivity index (χ0n) is 20.9. The van der Waals surface area contributed by atoms with Crippen LogP contribution in [0.4, 0.5) is 11.4 Å². The van der Waals surface area contributed by atoms with Crippen molar-refractivity contribution >= 4 is 22.8 Å². The van der Waals surface area contributed by atoms with Gasteiger partial charge in [0.05, 0.1) is 17.1 Å². The van der Waals surface area contributed by atoms with Gasteiger partial charge in [-0.15, -0.1) is 0 Å². The van der Waals surface area contributed by atoms with E-state index in [0.29, 0.717) is 0 Å². The molecule has 176 valence electrons. The molecule has 0 heterocycles. The number of para-hydroxylation sites is 2. The first-order valence-electron chi connectivity index (χ1n) is 13.1. The van der Waals surface area contributed by atoms with E-state index in [0.717, 1.165) is 48.5 Å². The van der Waals surface area contributed by atoms with Gasteiger partial charge in [-0.2, -0.15) is 0 Å². The van der Waals surface area contributed by atoms with E-state index in [9.17, 15) is 0 Å². The maximum absolute atomic E-state index is 4.95. The van der Waals surface area contributed by atoms with E-state index in [1.165, 1.54) is 57.8 Å². The first-order chi connectivity index (χ1) is 16.3. The molecule has 0 aliphatic rings. The van der Waals surface area contributed by atoms with Gasteiger partial charge in [0.2, 0.25) is 0 Å². The average Bonchev–Trinajstić information content (AvgIpc) is 2.85. The molecule has 0 spiro atoms. The molecule has 0 bridgehead atoms. The number of benzene rings is 2. The average molecular weight is 443 g/mol. The predicted molar refractivity (Wildman–Crippen MR) is 146 cm³/mol. The summed E-state index contributed by atoms with van der Waals surface area (Å²) in [6, 6.07) is 20.3. The van der Waals surface area contributed by atoms with Crippen LogP contribution in [0.15, 0.2) is 70.6 Å². The third-order valence-corrected chi connectivity index (χ3v) is 5.67. The van der Waals surface area contributed by atoms with Crippen LogP contribution in [-0.4, -0.2) is 11.4 Å². The van der Waals surface area contributed by atoms with Gasteiger partial charge in [0, 0.05) is 6.42 Å². The molecular formula is C31H42N2. The number of nitrogens with zero attached hydrogens (tertiary/aromatic N) is 2. The van der Waals surface area contributed by atoms with Crippen LogP contribution < -0.4 is 0 Å². The zero-order valence-corrected chi connectivity index (χ0v) is 20.9. The van der Waals surface area contributed by atoms with Gasteiger partial charge >= 0.3 is 0 Å². The highest BCUT2D eigenvalue weighted by Gasteiger charge is 2.08. The smallest absolute Gasteiger partial charge is 0.135 e. The standard InChI is InChI=1S/C31H42N2/c1-3-5-7-8-9-10-11-12-13-14-21-27-31(33-29-24-19-16-20-25-29)30(26-6-4-2)32-28-22-17-15-18-23-28/h15-20,22-25H,3-14,26H2,1-2H3. The number of unbranched alkanes of at least 4 members (excludes halogenated alkanes) is 10. The minimum Gasteiger partial charge on any atom is -0.251 e. The molecule has 0 atom stereocenters. The maximum atomic E-state index is 4.95. The molecule has 2 rings (SSSR count). The lowest BCUT2D eigenvalue weighted by molar-refractivity contribution is 0.567. The van der Waals surface area contributed by atoms with Gasteiger partial charge in [0.1, 0.15) is 5.71 Å². The van der Waals surface area contributed by atoms with E-state index < -0.39 is 0 Å². The van der Waals surface area contributed by atoms with E-state index in [1.807, 2.05) is 60.7 Å². The molecule has 33 heavy (non-hydrogen) atoms. The van der Waals surface area contributed by atoms with Crippen molar-refractivity contribution in [1.29, 1.82) is 0 Å². The Morgan fingerprint density at radius 1 is 0.606 bits per heavy atom. The third kappa shape index (κ3) is 12.2. The molecule has 0 fully saturated rings. The molecule has 2 aromatic rings. The van der Waals surface area contributed by atoms with Crippen LogP contribution in [0.3, 0.4) is 0 Å². The van der Waals surface area contributed by atoms with Crippen LogP contribution in [0.1, 0.15) is 97.3 Å². The molecule has 0 saturated heterocycles. The second kappa shape index (κ2) is 17.8. The highest BCUT2D eigenvalue weighted by atomic mass is 14.8. The maximum Gasteiger partial charge on any atom is 0.135 e. The van der Waals surface area contributed by atoms with Gasteiger partial charge < -0.3 is 0 Å². The summed E-state index contributed by atoms with van der Waals surface area (Å²) < 4.78 is 0. The summed E-state index contributed by atoms with van der Waals surface area (Å²) in [6.07, 6.45) is 16.0. The Morgan fingerprint density at radius 3 is 1.70 bits per heavy atom. The Labute approximate surface area is 202 Å². The lowest BCUT2D eigenvalue weighted by Gasteiger charge is -2.06. The van der Waals surface area contributed by atoms with Crippen LogP contribution >= 0.6 is 0 Å². The molecule has 2 aromatic carbocycles. The van der Waals surface area contributed by atoms with Crippen molar-refractivity contribution in [2.24, 2.45) is 9.98 Å². The summed E-state index contributed by atoms with van der Waals surface area (Å²) in [4.78, 5) is 9.85. The van der Waals surface area contributed by atoms with Crippen molar-refractivity contribution in [2.75, 3.05) is 0 Å². The SMILES string of the molecule is CCCCCCCCCCCC#CC(=Nc1ccccc1)C(CCCC)=Nc1ccccc1. The Balaban J connectivity index is 2.02. The Morgan fingerprint density at radius 2 is 1.12 bits per heavy atom. The third-order valence-electron chi connectivity index (χ3n) is 5.67. The Kier molecular flexibility index (Phi) is 14.4. The minimum absolute atomic E-state index is 0.814. The number of rotatable bonds is 15. The molecule has 0 aromatic heterocycles. The quantitative estimate of drug-likeness (QED) is 0.149. The summed E-state index contributed by atoms with van der Waals surface area (Å²) in [5.74, 6) is 6.80. The molecular weight excluding hydrogens is 400 g/mol. The second-order valence-corrected chi connectivity index (χ2v) is 8.67. The molecule has 0 amide bonds. The normalized spacial score (nSPS) is 11.8. The second-order valence-electron chi connectivity index (χ2n) is 8.67. The van der Waals surface area contributed by atoms with E-state index >= 15 is 0 Å². The summed E-state index contributed by atoms with van der Waals surface area (Å²) in [5, 5.41) is 0. The number of aliphatic imine (C=N–C) groups is 2. The van der Waals surface area contributed by atoms with Gasteiger partial charge in [-0.05, 0) is 49.4 Å². The highest BCUT2D eigenvalue weighted by Crippen LogP contribution is 2.16. The highest BCUT2D eigenvalue weighted by molar-refractivity contribution is 6.49. The summed E-state index contributed by atoms with van der Waals surface area (Å²) in [5.41, 5.74) is 3.70. The first kappa shape index (κ1) is 26.6. The van der Waals surface area contributed by atoms with Crippen molar-refractivity contribution in [3.63, 3.8) is 0 Å². The van der Waals surface area contributed by atoms with E-state index in [2.05, 4.69) is 25.7 Å². The van der Waals surface area contributed by atoms with Crippen molar-refractivity contribution in [2.45, 2.75) is 97.3 Å². The van der Waals surface area contributed by atoms with Crippen LogP contribution in [0.5, 0.6) is 0 Å². The zero-order chi connectivity index (χ0) is 23.4. The molecule has 0 N–H and O–H groups in total. The van der Waals surface area contributed by atoms with Gasteiger partial charge in [-0.25, -0.2) is 4.99 Å². The van der Waals surface area contributed by atoms with Crippen molar-refractivity contribution in [3.8, 4) is 11.8 Å². The molecule has 2 nitrogen and oxygen atoms in total. The van der Waals surface area contributed by atoms with Gasteiger partial charge in [-0.1, -0.05) is 114 Å². The van der Waals surface area contributed by atoms with Gasteiger partial charge in [-0.3, -0.25) is 4.99 Å². The van der Waals surface area contributed by atoms with Crippen LogP contribution in [0.25, 0.3) is 0 Å². The topological polar surface area (TPSA) is 24.7 Å². The molecule has 0 saturated carbocycles. The summed E-state index contributed by atoms with van der Waals surface area (Å²) in [7, 11) is 0. The van der Waals surface area contributed by atoms with Crippen molar-refractivity contribution in [1.82, 2.24) is 0 Å². The largest absolute Gasteiger partial charge is 0.251 e. The summed E-state index contributed by atoms with van der Waals surface area (Å²) in [6.45, 7) is 4.49. The number of hydrogen-bond donors (Lipinski definition) is 0. The van der Waals surface area contributed by atoms with Crippen LogP contribution in [0, 0.1) is 11.8 Å². The molecule has 0 unspecified atom stereocenters. The van der Waals surface area contributed by atoms with Crippen molar-refractivity contribution in [3.05, 3.63) is 60.7 Å². The first-order valence-corrected chi connectivity index (χ1v) is 13.1. The Hall–Kier alpha value is -2.66. The monoisotopic (exact) mass is 442 g/mol. The molecule has 0 radical (unpaired) electrons. The van der Waals surface area contributed by atoms with Crippen LogP contribution in [0.2, 0.25) is 0 Å². The predicted octanol–water partition coefficient (Wildman–Crippen LogP) is 9.65. The fourth-order valence-electron chi connectivity index (χ4n) is 3.70. The number of hydrogen-bond acceptors (Lipinski definition) is 2. The van der Waals surface area contributed by atoms with Gasteiger partial charge in [0.15, 0.2) is 0 Å². The molecule has 0 aliphatic heterocycles. The fourth-order valence-corrected chi connectivity index (χ4v) is 3.70. The van der Waals surface area contributed by atoms with E-state index in [4.69, 9.17) is 9.98 Å². The lowest BCUT2D eigenvalue weighted by atomic mass is 10.1. The molecule has 2 heteroatoms. The summed E-state index contributed by atoms with van der Waals surface area (Å²) >= 11 is 0. The van der Waals surface area contributed by atoms with Crippen molar-refractivity contribution < 1.29 is 0 Å². The molecule has 0 aliphatic carbocycles. The minimum atomic E-state index is 0.814. The van der Waals surface area contributed by atoms with E-state index in [1.54, 1.807) is 0 Å².